The topological polar surface area (TPSA) is 66.6 Å². The van der Waals surface area contributed by atoms with Gasteiger partial charge in [0.25, 0.3) is 0 Å². The van der Waals surface area contributed by atoms with Gasteiger partial charge in [-0.15, -0.1) is 0 Å². The van der Waals surface area contributed by atoms with Crippen LogP contribution in [0.25, 0.3) is 0 Å². The number of nitrogens with two attached hydrogens (primary N) is 1. The summed E-state index contributed by atoms with van der Waals surface area (Å²) in [6.45, 7) is 6.76. The summed E-state index contributed by atoms with van der Waals surface area (Å²) >= 11 is 0. The highest BCUT2D eigenvalue weighted by atomic mass is 16.3. The maximum Gasteiger partial charge on any atom is 0.217 e. The highest BCUT2D eigenvalue weighted by Gasteiger charge is 2.28. The lowest BCUT2D eigenvalue weighted by molar-refractivity contribution is -0.119. The number of nitrogens with zero attached hydrogens (tertiary/aromatic N) is 1. The lowest BCUT2D eigenvalue weighted by Gasteiger charge is -2.37. The van der Waals surface area contributed by atoms with E-state index in [2.05, 4.69) is 4.90 Å². The van der Waals surface area contributed by atoms with Crippen molar-refractivity contribution in [2.24, 2.45) is 11.7 Å². The number of piperidine rings is 1. The van der Waals surface area contributed by atoms with E-state index >= 15 is 0 Å². The first-order valence-electron chi connectivity index (χ1n) is 6.72. The van der Waals surface area contributed by atoms with Gasteiger partial charge in [0.05, 0.1) is 5.60 Å². The second kappa shape index (κ2) is 6.36. The largest absolute Gasteiger partial charge is 0.389 e. The lowest BCUT2D eigenvalue weighted by Crippen LogP contribution is -2.45. The maximum atomic E-state index is 10.8. The molecule has 0 bridgehead atoms. The second-order valence-electron chi connectivity index (χ2n) is 5.32. The van der Waals surface area contributed by atoms with E-state index in [1.165, 1.54) is 0 Å². The molecule has 0 aromatic rings. The van der Waals surface area contributed by atoms with Gasteiger partial charge in [-0.25, -0.2) is 0 Å². The summed E-state index contributed by atoms with van der Waals surface area (Å²) < 4.78 is 0. The van der Waals surface area contributed by atoms with E-state index in [0.717, 1.165) is 45.3 Å². The van der Waals surface area contributed by atoms with E-state index in [1.807, 2.05) is 13.8 Å². The monoisotopic (exact) mass is 242 g/mol. The van der Waals surface area contributed by atoms with Crippen molar-refractivity contribution >= 4 is 5.91 Å². The fourth-order valence-electron chi connectivity index (χ4n) is 2.52. The number of likely N-dealkylation sites (tertiary alicyclic amines) is 1. The molecule has 3 N–H and O–H groups in total. The molecular formula is C13H26N2O2. The van der Waals surface area contributed by atoms with Crippen molar-refractivity contribution in [3.05, 3.63) is 0 Å². The molecule has 0 aliphatic carbocycles. The van der Waals surface area contributed by atoms with Gasteiger partial charge in [-0.05, 0) is 44.7 Å². The molecule has 100 valence electrons. The van der Waals surface area contributed by atoms with Crippen LogP contribution in [0.15, 0.2) is 0 Å². The van der Waals surface area contributed by atoms with E-state index in [1.54, 1.807) is 0 Å². The van der Waals surface area contributed by atoms with Gasteiger partial charge in [0, 0.05) is 13.0 Å². The van der Waals surface area contributed by atoms with E-state index in [0.29, 0.717) is 12.3 Å². The van der Waals surface area contributed by atoms with E-state index < -0.39 is 5.60 Å². The molecule has 0 unspecified atom stereocenters. The van der Waals surface area contributed by atoms with E-state index in [-0.39, 0.29) is 5.91 Å². The number of amides is 1. The molecule has 0 spiro atoms. The Bertz CT molecular complexity index is 244. The van der Waals surface area contributed by atoms with Crippen LogP contribution < -0.4 is 5.73 Å². The van der Waals surface area contributed by atoms with Gasteiger partial charge in [0.2, 0.25) is 5.91 Å². The minimum absolute atomic E-state index is 0.193. The number of rotatable bonds is 6. The molecule has 0 saturated carbocycles. The molecule has 17 heavy (non-hydrogen) atoms. The number of β-amino-alcohol motifs (C(OH)–C–C–N with tert-alkyl or cyclic N) is 1. The minimum Gasteiger partial charge on any atom is -0.389 e. The predicted octanol–water partition coefficient (Wildman–Crippen LogP) is 1.12. The number of primary amides is 1. The van der Waals surface area contributed by atoms with Crippen molar-refractivity contribution in [2.45, 2.75) is 51.6 Å². The SMILES string of the molecule is CCC(O)(CC)CN1CCC(CC(N)=O)CC1. The zero-order valence-corrected chi connectivity index (χ0v) is 11.1. The Morgan fingerprint density at radius 1 is 1.35 bits per heavy atom. The molecule has 1 rings (SSSR count). The van der Waals surface area contributed by atoms with Gasteiger partial charge in [0.15, 0.2) is 0 Å². The summed E-state index contributed by atoms with van der Waals surface area (Å²) in [5, 5.41) is 10.3. The molecule has 0 radical (unpaired) electrons. The average Bonchev–Trinajstić information content (AvgIpc) is 2.31. The van der Waals surface area contributed by atoms with Crippen LogP contribution in [0.4, 0.5) is 0 Å². The van der Waals surface area contributed by atoms with Crippen molar-refractivity contribution in [3.8, 4) is 0 Å². The normalized spacial score (nSPS) is 19.5. The summed E-state index contributed by atoms with van der Waals surface area (Å²) in [5.74, 6) is 0.252. The molecule has 1 amide bonds. The van der Waals surface area contributed by atoms with Crippen molar-refractivity contribution in [3.63, 3.8) is 0 Å². The molecule has 0 aromatic heterocycles. The average molecular weight is 242 g/mol. The molecule has 1 saturated heterocycles. The molecule has 1 fully saturated rings. The Hall–Kier alpha value is -0.610. The van der Waals surface area contributed by atoms with Crippen molar-refractivity contribution in [1.82, 2.24) is 4.90 Å². The van der Waals surface area contributed by atoms with Crippen molar-refractivity contribution in [1.29, 1.82) is 0 Å². The van der Waals surface area contributed by atoms with E-state index in [4.69, 9.17) is 5.73 Å². The molecular weight excluding hydrogens is 216 g/mol. The summed E-state index contributed by atoms with van der Waals surface area (Å²) in [4.78, 5) is 13.1. The van der Waals surface area contributed by atoms with Gasteiger partial charge in [-0.2, -0.15) is 0 Å². The Morgan fingerprint density at radius 2 is 1.88 bits per heavy atom. The number of aliphatic hydroxyl groups is 1. The number of hydrogen-bond acceptors (Lipinski definition) is 3. The van der Waals surface area contributed by atoms with Gasteiger partial charge in [-0.1, -0.05) is 13.8 Å². The first kappa shape index (κ1) is 14.5. The van der Waals surface area contributed by atoms with Gasteiger partial charge in [0.1, 0.15) is 0 Å². The van der Waals surface area contributed by atoms with Crippen LogP contribution in [0.5, 0.6) is 0 Å². The molecule has 4 nitrogen and oxygen atoms in total. The van der Waals surface area contributed by atoms with Crippen LogP contribution >= 0.6 is 0 Å². The fraction of sp³-hybridized carbons (Fsp3) is 0.923. The second-order valence-corrected chi connectivity index (χ2v) is 5.32. The molecule has 0 atom stereocenters. The number of carbonyl (C=O) groups excluding carboxylic acids is 1. The summed E-state index contributed by atoms with van der Waals surface area (Å²) in [7, 11) is 0. The minimum atomic E-state index is -0.545. The third kappa shape index (κ3) is 4.64. The van der Waals surface area contributed by atoms with Gasteiger partial charge < -0.3 is 15.7 Å². The highest BCUT2D eigenvalue weighted by Crippen LogP contribution is 2.23. The van der Waals surface area contributed by atoms with Gasteiger partial charge in [-0.3, -0.25) is 4.79 Å². The lowest BCUT2D eigenvalue weighted by atomic mass is 9.91. The van der Waals surface area contributed by atoms with Crippen LogP contribution in [0, 0.1) is 5.92 Å². The highest BCUT2D eigenvalue weighted by molar-refractivity contribution is 5.73. The van der Waals surface area contributed by atoms with Crippen LogP contribution in [0.1, 0.15) is 46.0 Å². The first-order chi connectivity index (χ1) is 7.99. The summed E-state index contributed by atoms with van der Waals surface area (Å²) in [6, 6.07) is 0. The molecule has 1 heterocycles. The summed E-state index contributed by atoms with van der Waals surface area (Å²) in [6.07, 6.45) is 4.15. The number of hydrogen-bond donors (Lipinski definition) is 2. The quantitative estimate of drug-likeness (QED) is 0.733. The number of carbonyl (C=O) groups is 1. The van der Waals surface area contributed by atoms with Crippen LogP contribution in [-0.2, 0) is 4.79 Å². The van der Waals surface area contributed by atoms with Gasteiger partial charge >= 0.3 is 0 Å². The third-order valence-corrected chi connectivity index (χ3v) is 4.03. The Morgan fingerprint density at radius 3 is 2.29 bits per heavy atom. The summed E-state index contributed by atoms with van der Waals surface area (Å²) in [5.41, 5.74) is 4.67. The molecule has 4 heteroatoms. The zero-order valence-electron chi connectivity index (χ0n) is 11.1. The maximum absolute atomic E-state index is 10.8. The standard InChI is InChI=1S/C13H26N2O2/c1-3-13(17,4-2)10-15-7-5-11(6-8-15)9-12(14)16/h11,17H,3-10H2,1-2H3,(H2,14,16). The molecule has 1 aliphatic heterocycles. The Kier molecular flexibility index (Phi) is 5.40. The smallest absolute Gasteiger partial charge is 0.217 e. The van der Waals surface area contributed by atoms with E-state index in [9.17, 15) is 9.90 Å². The van der Waals surface area contributed by atoms with Crippen LogP contribution in [0.3, 0.4) is 0 Å². The predicted molar refractivity (Wildman–Crippen MR) is 68.5 cm³/mol. The van der Waals surface area contributed by atoms with Crippen LogP contribution in [-0.4, -0.2) is 41.1 Å². The Balaban J connectivity index is 2.34. The van der Waals surface area contributed by atoms with Crippen molar-refractivity contribution < 1.29 is 9.90 Å². The van der Waals surface area contributed by atoms with Crippen molar-refractivity contribution in [2.75, 3.05) is 19.6 Å². The zero-order chi connectivity index (χ0) is 12.9. The third-order valence-electron chi connectivity index (χ3n) is 4.03. The molecule has 1 aliphatic rings. The van der Waals surface area contributed by atoms with Crippen LogP contribution in [0.2, 0.25) is 0 Å². The fourth-order valence-corrected chi connectivity index (χ4v) is 2.52. The molecule has 0 aromatic carbocycles. The first-order valence-corrected chi connectivity index (χ1v) is 6.72. The Labute approximate surface area is 104 Å².